The maximum atomic E-state index is 14.8. The molecule has 3 aromatic rings. The van der Waals surface area contributed by atoms with Crippen molar-refractivity contribution in [1.29, 1.82) is 10.8 Å². The van der Waals surface area contributed by atoms with Gasteiger partial charge in [0, 0.05) is 61.2 Å². The summed E-state index contributed by atoms with van der Waals surface area (Å²) >= 11 is 0. The molecule has 170 valence electrons. The average Bonchev–Trinajstić information content (AvgIpc) is 2.79. The summed E-state index contributed by atoms with van der Waals surface area (Å²) < 4.78 is 29.3. The van der Waals surface area contributed by atoms with Crippen LogP contribution in [0.1, 0.15) is 27.0 Å². The van der Waals surface area contributed by atoms with E-state index in [1.807, 2.05) is 37.2 Å². The van der Waals surface area contributed by atoms with Gasteiger partial charge >= 0.3 is 0 Å². The lowest BCUT2D eigenvalue weighted by Crippen LogP contribution is -2.18. The molecular weight excluding hydrogens is 426 g/mol. The number of amides is 1. The SMILES string of the molecule is CNc1cc(F)c(C(=O)Nc2ccc(N)c(C(=N)c3cccc(N(C)C)c3)c2)c(F)c1C=N. The van der Waals surface area contributed by atoms with Crippen LogP contribution in [0.5, 0.6) is 0 Å². The van der Waals surface area contributed by atoms with Crippen LogP contribution in [-0.4, -0.2) is 39.0 Å². The van der Waals surface area contributed by atoms with Gasteiger partial charge in [-0.25, -0.2) is 8.78 Å². The van der Waals surface area contributed by atoms with Crippen molar-refractivity contribution in [3.8, 4) is 0 Å². The molecule has 3 aromatic carbocycles. The van der Waals surface area contributed by atoms with E-state index in [-0.39, 0.29) is 22.6 Å². The Morgan fingerprint density at radius 3 is 2.48 bits per heavy atom. The van der Waals surface area contributed by atoms with Crippen LogP contribution in [0.4, 0.5) is 31.5 Å². The second kappa shape index (κ2) is 9.47. The first kappa shape index (κ1) is 23.4. The summed E-state index contributed by atoms with van der Waals surface area (Å²) in [4.78, 5) is 14.6. The van der Waals surface area contributed by atoms with Crippen molar-refractivity contribution in [3.63, 3.8) is 0 Å². The standard InChI is InChI=1S/C24H24F2N6O/c1-30-20-11-18(25)21(22(26)17(20)12-27)24(33)31-14-7-8-19(28)16(10-14)23(29)13-5-4-6-15(9-13)32(2)3/h4-12,27,29-30H,28H2,1-3H3,(H,31,33). The van der Waals surface area contributed by atoms with Crippen molar-refractivity contribution in [3.05, 3.63) is 82.4 Å². The molecule has 0 fully saturated rings. The van der Waals surface area contributed by atoms with E-state index in [0.717, 1.165) is 11.8 Å². The van der Waals surface area contributed by atoms with Crippen LogP contribution in [0, 0.1) is 22.5 Å². The Morgan fingerprint density at radius 2 is 1.85 bits per heavy atom. The Bertz CT molecular complexity index is 1260. The van der Waals surface area contributed by atoms with Crippen LogP contribution in [0.25, 0.3) is 0 Å². The van der Waals surface area contributed by atoms with Crippen molar-refractivity contribution < 1.29 is 13.6 Å². The lowest BCUT2D eigenvalue weighted by molar-refractivity contribution is 0.101. The highest BCUT2D eigenvalue weighted by Crippen LogP contribution is 2.27. The van der Waals surface area contributed by atoms with E-state index in [9.17, 15) is 13.6 Å². The quantitative estimate of drug-likeness (QED) is 0.272. The summed E-state index contributed by atoms with van der Waals surface area (Å²) in [6.07, 6.45) is 0.710. The van der Waals surface area contributed by atoms with Crippen molar-refractivity contribution >= 4 is 40.6 Å². The maximum Gasteiger partial charge on any atom is 0.261 e. The van der Waals surface area contributed by atoms with Crippen LogP contribution in [0.2, 0.25) is 0 Å². The number of nitrogen functional groups attached to an aromatic ring is 1. The molecule has 0 aliphatic rings. The molecule has 0 saturated carbocycles. The second-order valence-corrected chi connectivity index (χ2v) is 7.48. The molecular formula is C24H24F2N6O. The van der Waals surface area contributed by atoms with Crippen LogP contribution in [-0.2, 0) is 0 Å². The number of anilines is 4. The van der Waals surface area contributed by atoms with Gasteiger partial charge in [0.1, 0.15) is 17.2 Å². The largest absolute Gasteiger partial charge is 0.398 e. The number of nitrogens with zero attached hydrogens (tertiary/aromatic N) is 1. The first-order valence-electron chi connectivity index (χ1n) is 9.95. The van der Waals surface area contributed by atoms with Gasteiger partial charge in [-0.15, -0.1) is 0 Å². The number of halogens is 2. The number of carbonyl (C=O) groups is 1. The topological polar surface area (TPSA) is 118 Å². The van der Waals surface area contributed by atoms with Crippen molar-refractivity contribution in [2.75, 3.05) is 42.4 Å². The molecule has 33 heavy (non-hydrogen) atoms. The van der Waals surface area contributed by atoms with Gasteiger partial charge in [0.25, 0.3) is 5.91 Å². The normalized spacial score (nSPS) is 10.5. The van der Waals surface area contributed by atoms with Gasteiger partial charge in [-0.05, 0) is 36.4 Å². The minimum absolute atomic E-state index is 0.0553. The molecule has 0 aliphatic carbocycles. The summed E-state index contributed by atoms with van der Waals surface area (Å²) in [6.45, 7) is 0. The Kier molecular flexibility index (Phi) is 6.72. The van der Waals surface area contributed by atoms with Crippen molar-refractivity contribution in [2.45, 2.75) is 0 Å². The van der Waals surface area contributed by atoms with E-state index < -0.39 is 23.1 Å². The van der Waals surface area contributed by atoms with Gasteiger partial charge < -0.3 is 26.7 Å². The Balaban J connectivity index is 1.95. The van der Waals surface area contributed by atoms with E-state index in [2.05, 4.69) is 10.6 Å². The Hall–Kier alpha value is -4.27. The third-order valence-corrected chi connectivity index (χ3v) is 5.13. The highest BCUT2D eigenvalue weighted by atomic mass is 19.1. The number of hydrogen-bond acceptors (Lipinski definition) is 6. The minimum atomic E-state index is -1.14. The zero-order valence-corrected chi connectivity index (χ0v) is 18.4. The molecule has 0 unspecified atom stereocenters. The van der Waals surface area contributed by atoms with Crippen molar-refractivity contribution in [2.24, 2.45) is 0 Å². The molecule has 0 aromatic heterocycles. The van der Waals surface area contributed by atoms with Crippen LogP contribution < -0.4 is 21.3 Å². The number of carbonyl (C=O) groups excluding carboxylic acids is 1. The van der Waals surface area contributed by atoms with Crippen LogP contribution >= 0.6 is 0 Å². The fourth-order valence-electron chi connectivity index (χ4n) is 3.33. The zero-order chi connectivity index (χ0) is 24.3. The summed E-state index contributed by atoms with van der Waals surface area (Å²) in [6, 6.07) is 12.8. The summed E-state index contributed by atoms with van der Waals surface area (Å²) in [5.74, 6) is -3.23. The molecule has 7 nitrogen and oxygen atoms in total. The third-order valence-electron chi connectivity index (χ3n) is 5.13. The zero-order valence-electron chi connectivity index (χ0n) is 18.4. The predicted octanol–water partition coefficient (Wildman–Crippen LogP) is 4.32. The highest BCUT2D eigenvalue weighted by Gasteiger charge is 2.23. The lowest BCUT2D eigenvalue weighted by Gasteiger charge is -2.16. The fourth-order valence-corrected chi connectivity index (χ4v) is 3.33. The van der Waals surface area contributed by atoms with Crippen LogP contribution in [0.15, 0.2) is 48.5 Å². The first-order valence-corrected chi connectivity index (χ1v) is 9.95. The van der Waals surface area contributed by atoms with E-state index in [1.165, 1.54) is 25.2 Å². The van der Waals surface area contributed by atoms with Gasteiger partial charge in [0.2, 0.25) is 0 Å². The molecule has 1 amide bonds. The molecule has 0 radical (unpaired) electrons. The third kappa shape index (κ3) is 4.67. The summed E-state index contributed by atoms with van der Waals surface area (Å²) in [5.41, 5.74) is 7.62. The van der Waals surface area contributed by atoms with Gasteiger partial charge in [0.05, 0.1) is 11.3 Å². The minimum Gasteiger partial charge on any atom is -0.398 e. The molecule has 0 spiro atoms. The van der Waals surface area contributed by atoms with Gasteiger partial charge in [0.15, 0.2) is 0 Å². The van der Waals surface area contributed by atoms with E-state index in [4.69, 9.17) is 16.6 Å². The molecule has 9 heteroatoms. The Labute approximate surface area is 190 Å². The lowest BCUT2D eigenvalue weighted by atomic mass is 9.99. The number of benzene rings is 3. The molecule has 0 heterocycles. The summed E-state index contributed by atoms with van der Waals surface area (Å²) in [5, 5.41) is 21.0. The van der Waals surface area contributed by atoms with E-state index >= 15 is 0 Å². The van der Waals surface area contributed by atoms with E-state index in [1.54, 1.807) is 6.07 Å². The number of nitrogens with two attached hydrogens (primary N) is 1. The molecule has 0 bridgehead atoms. The molecule has 3 rings (SSSR count). The molecule has 0 aliphatic heterocycles. The van der Waals surface area contributed by atoms with E-state index in [0.29, 0.717) is 23.0 Å². The van der Waals surface area contributed by atoms with Crippen LogP contribution in [0.3, 0.4) is 0 Å². The maximum absolute atomic E-state index is 14.8. The highest BCUT2D eigenvalue weighted by molar-refractivity contribution is 6.15. The molecule has 6 N–H and O–H groups in total. The number of rotatable bonds is 7. The monoisotopic (exact) mass is 450 g/mol. The van der Waals surface area contributed by atoms with Gasteiger partial charge in [-0.2, -0.15) is 0 Å². The Morgan fingerprint density at radius 1 is 1.12 bits per heavy atom. The number of nitrogens with one attached hydrogen (secondary N) is 4. The van der Waals surface area contributed by atoms with Crippen molar-refractivity contribution in [1.82, 2.24) is 0 Å². The average molecular weight is 450 g/mol. The smallest absolute Gasteiger partial charge is 0.261 e. The molecule has 0 atom stereocenters. The number of hydrogen-bond donors (Lipinski definition) is 5. The first-order chi connectivity index (χ1) is 15.7. The summed E-state index contributed by atoms with van der Waals surface area (Å²) in [7, 11) is 5.23. The fraction of sp³-hybridized carbons (Fsp3) is 0.125. The van der Waals surface area contributed by atoms with Gasteiger partial charge in [-0.3, -0.25) is 10.2 Å². The second-order valence-electron chi connectivity index (χ2n) is 7.48. The predicted molar refractivity (Wildman–Crippen MR) is 129 cm³/mol. The van der Waals surface area contributed by atoms with Gasteiger partial charge in [-0.1, -0.05) is 12.1 Å². The molecule has 0 saturated heterocycles.